The first-order chi connectivity index (χ1) is 6.15. The Hall–Kier alpha value is -0.520. The van der Waals surface area contributed by atoms with Gasteiger partial charge in [-0.15, -0.1) is 0 Å². The molecule has 0 spiro atoms. The van der Waals surface area contributed by atoms with Gasteiger partial charge in [0.1, 0.15) is 0 Å². The molecule has 1 aromatic rings. The van der Waals surface area contributed by atoms with Crippen LogP contribution in [0.15, 0.2) is 29.2 Å². The zero-order chi connectivity index (χ0) is 9.84. The number of carbonyl (C=O) groups excluding carboxylic acids is 1. The number of hydrogen-bond donors (Lipinski definition) is 1. The molecule has 0 heterocycles. The highest BCUT2D eigenvalue weighted by molar-refractivity contribution is 9.09. The van der Waals surface area contributed by atoms with Crippen molar-refractivity contribution >= 4 is 32.8 Å². The van der Waals surface area contributed by atoms with Gasteiger partial charge in [0.25, 0.3) is 0 Å². The van der Waals surface area contributed by atoms with Crippen LogP contribution in [-0.4, -0.2) is 19.9 Å². The van der Waals surface area contributed by atoms with Crippen LogP contribution in [0, 0.1) is 0 Å². The summed E-state index contributed by atoms with van der Waals surface area (Å²) in [5, 5.41) is 0.258. The van der Waals surface area contributed by atoms with E-state index in [9.17, 15) is 9.00 Å². The second-order valence-corrected chi connectivity index (χ2v) is 3.86. The zero-order valence-corrected chi connectivity index (χ0v) is 8.97. The van der Waals surface area contributed by atoms with Crippen LogP contribution in [0.5, 0.6) is 0 Å². The summed E-state index contributed by atoms with van der Waals surface area (Å²) < 4.78 is 19.3. The van der Waals surface area contributed by atoms with Crippen molar-refractivity contribution in [1.29, 1.82) is 0 Å². The minimum atomic E-state index is -1.98. The molecule has 3 nitrogen and oxygen atoms in total. The van der Waals surface area contributed by atoms with Crippen LogP contribution < -0.4 is 0 Å². The van der Waals surface area contributed by atoms with Gasteiger partial charge in [0.05, 0.1) is 10.2 Å². The Morgan fingerprint density at radius 1 is 1.38 bits per heavy atom. The summed E-state index contributed by atoms with van der Waals surface area (Å²) >= 11 is 1.06. The van der Waals surface area contributed by atoms with Crippen molar-refractivity contribution in [2.45, 2.75) is 4.90 Å². The molecule has 13 heavy (non-hydrogen) atoms. The third kappa shape index (κ3) is 2.72. The molecule has 1 unspecified atom stereocenters. The normalized spacial score (nSPS) is 12.5. The van der Waals surface area contributed by atoms with E-state index in [1.807, 2.05) is 0 Å². The highest BCUT2D eigenvalue weighted by Crippen LogP contribution is 2.08. The lowest BCUT2D eigenvalue weighted by Crippen LogP contribution is -1.99. The van der Waals surface area contributed by atoms with Gasteiger partial charge in [0.2, 0.25) is 0 Å². The molecule has 0 aliphatic rings. The summed E-state index contributed by atoms with van der Waals surface area (Å²) in [5.41, 5.74) is 0.533. The van der Waals surface area contributed by atoms with E-state index in [2.05, 4.69) is 15.9 Å². The lowest BCUT2D eigenvalue weighted by atomic mass is 10.2. The molecule has 0 fully saturated rings. The second-order valence-electron chi connectivity index (χ2n) is 2.33. The largest absolute Gasteiger partial charge is 0.302 e. The molecule has 0 saturated heterocycles. The fraction of sp³-hybridized carbons (Fsp3) is 0.125. The highest BCUT2D eigenvalue weighted by Gasteiger charge is 2.04. The topological polar surface area (TPSA) is 54.4 Å². The Bertz CT molecular complexity index is 334. The van der Waals surface area contributed by atoms with Crippen LogP contribution in [0.25, 0.3) is 0 Å². The van der Waals surface area contributed by atoms with E-state index in [0.29, 0.717) is 10.5 Å². The van der Waals surface area contributed by atoms with Gasteiger partial charge < -0.3 is 4.55 Å². The Balaban J connectivity index is 2.93. The molecule has 0 radical (unpaired) electrons. The van der Waals surface area contributed by atoms with Gasteiger partial charge in [-0.05, 0) is 12.1 Å². The minimum Gasteiger partial charge on any atom is -0.302 e. The second kappa shape index (κ2) is 4.64. The summed E-state index contributed by atoms with van der Waals surface area (Å²) in [7, 11) is 0. The van der Waals surface area contributed by atoms with Gasteiger partial charge in [-0.2, -0.15) is 0 Å². The molecule has 1 N–H and O–H groups in total. The van der Waals surface area contributed by atoms with Crippen LogP contribution in [0.2, 0.25) is 0 Å². The van der Waals surface area contributed by atoms with Gasteiger partial charge in [0.15, 0.2) is 16.9 Å². The first kappa shape index (κ1) is 10.6. The van der Waals surface area contributed by atoms with Gasteiger partial charge in [-0.25, -0.2) is 4.21 Å². The van der Waals surface area contributed by atoms with E-state index in [1.54, 1.807) is 0 Å². The Kier molecular flexibility index (Phi) is 3.77. The molecule has 1 aromatic carbocycles. The molecule has 1 rings (SSSR count). The summed E-state index contributed by atoms with van der Waals surface area (Å²) in [6, 6.07) is 6.00. The first-order valence-electron chi connectivity index (χ1n) is 3.45. The van der Waals surface area contributed by atoms with Crippen LogP contribution in [0.4, 0.5) is 0 Å². The molecule has 0 aliphatic carbocycles. The number of ketones is 1. The Morgan fingerprint density at radius 2 is 1.92 bits per heavy atom. The van der Waals surface area contributed by atoms with Gasteiger partial charge in [-0.3, -0.25) is 4.79 Å². The molecule has 70 valence electrons. The number of halogens is 1. The molecule has 0 aromatic heterocycles. The molecule has 1 atom stereocenters. The molecule has 0 bridgehead atoms. The van der Waals surface area contributed by atoms with Crippen LogP contribution in [0.3, 0.4) is 0 Å². The Labute approximate surface area is 86.6 Å². The summed E-state index contributed by atoms with van der Waals surface area (Å²) in [6.07, 6.45) is 0. The van der Waals surface area contributed by atoms with E-state index in [4.69, 9.17) is 4.55 Å². The number of benzene rings is 1. The van der Waals surface area contributed by atoms with Crippen molar-refractivity contribution in [3.63, 3.8) is 0 Å². The van der Waals surface area contributed by atoms with Crippen LogP contribution in [0.1, 0.15) is 10.4 Å². The van der Waals surface area contributed by atoms with Gasteiger partial charge in [-0.1, -0.05) is 28.1 Å². The third-order valence-electron chi connectivity index (χ3n) is 1.50. The number of Topliss-reactive ketones (excluding diaryl/α,β-unsaturated/α-hetero) is 1. The fourth-order valence-electron chi connectivity index (χ4n) is 0.834. The molecular formula is C8H7BrO3S. The van der Waals surface area contributed by atoms with Crippen LogP contribution in [-0.2, 0) is 11.1 Å². The monoisotopic (exact) mass is 262 g/mol. The average Bonchev–Trinajstić information content (AvgIpc) is 2.17. The highest BCUT2D eigenvalue weighted by atomic mass is 79.9. The smallest absolute Gasteiger partial charge is 0.186 e. The quantitative estimate of drug-likeness (QED) is 0.514. The molecule has 0 amide bonds. The molecule has 0 saturated carbocycles. The van der Waals surface area contributed by atoms with Crippen molar-refractivity contribution in [2.75, 3.05) is 5.33 Å². The van der Waals surface area contributed by atoms with Crippen LogP contribution >= 0.6 is 15.9 Å². The van der Waals surface area contributed by atoms with Crippen molar-refractivity contribution in [3.8, 4) is 0 Å². The maximum absolute atomic E-state index is 11.1. The number of hydrogen-bond acceptors (Lipinski definition) is 2. The van der Waals surface area contributed by atoms with E-state index in [0.717, 1.165) is 0 Å². The first-order valence-corrected chi connectivity index (χ1v) is 5.68. The maximum atomic E-state index is 11.1. The van der Waals surface area contributed by atoms with Gasteiger partial charge in [0, 0.05) is 5.56 Å². The fourth-order valence-corrected chi connectivity index (χ4v) is 1.53. The van der Waals surface area contributed by atoms with E-state index >= 15 is 0 Å². The van der Waals surface area contributed by atoms with Crippen molar-refractivity contribution in [2.24, 2.45) is 0 Å². The SMILES string of the molecule is O=C(CBr)c1ccc(S(=O)O)cc1. The standard InChI is InChI=1S/C8H7BrO3S/c9-5-8(10)6-1-3-7(4-2-6)13(11)12/h1-4H,5H2,(H,11,12). The summed E-state index contributed by atoms with van der Waals surface area (Å²) in [5.74, 6) is -0.0460. The number of rotatable bonds is 3. The van der Waals surface area contributed by atoms with Crippen molar-refractivity contribution in [3.05, 3.63) is 29.8 Å². The number of alkyl halides is 1. The minimum absolute atomic E-state index is 0.0460. The number of carbonyl (C=O) groups is 1. The van der Waals surface area contributed by atoms with Crippen molar-refractivity contribution in [1.82, 2.24) is 0 Å². The van der Waals surface area contributed by atoms with E-state index in [1.165, 1.54) is 24.3 Å². The van der Waals surface area contributed by atoms with Gasteiger partial charge >= 0.3 is 0 Å². The van der Waals surface area contributed by atoms with E-state index < -0.39 is 11.1 Å². The summed E-state index contributed by atoms with van der Waals surface area (Å²) in [4.78, 5) is 11.4. The summed E-state index contributed by atoms with van der Waals surface area (Å²) in [6.45, 7) is 0. The molecule has 5 heteroatoms. The van der Waals surface area contributed by atoms with Crippen molar-refractivity contribution < 1.29 is 13.6 Å². The average molecular weight is 263 g/mol. The lowest BCUT2D eigenvalue weighted by Gasteiger charge is -1.97. The molecule has 0 aliphatic heterocycles. The third-order valence-corrected chi connectivity index (χ3v) is 2.68. The maximum Gasteiger partial charge on any atom is 0.186 e. The predicted octanol–water partition coefficient (Wildman–Crippen LogP) is 1.84. The van der Waals surface area contributed by atoms with E-state index in [-0.39, 0.29) is 11.1 Å². The lowest BCUT2D eigenvalue weighted by molar-refractivity contribution is 0.102. The molecular weight excluding hydrogens is 256 g/mol. The predicted molar refractivity (Wildman–Crippen MR) is 53.6 cm³/mol. The zero-order valence-electron chi connectivity index (χ0n) is 6.57. The Morgan fingerprint density at radius 3 is 2.31 bits per heavy atom.